The molecular formula is C14H12Cl2F3NO. The predicted molar refractivity (Wildman–Crippen MR) is 78.7 cm³/mol. The van der Waals surface area contributed by atoms with Crippen molar-refractivity contribution in [2.45, 2.75) is 12.9 Å². The topological polar surface area (TPSA) is 35.2 Å². The molecule has 21 heavy (non-hydrogen) atoms. The number of halogens is 5. The Morgan fingerprint density at radius 1 is 1.10 bits per heavy atom. The molecule has 7 heteroatoms. The number of hydrogen-bond acceptors (Lipinski definition) is 2. The standard InChI is InChI=1S/C14H11ClF3NO.ClH/c15-12-4-2-1-3-11(12)9-5-6-10(8-19)13(7-9)20-14(16,17)18;/h1-7H,8,19H2;1H. The summed E-state index contributed by atoms with van der Waals surface area (Å²) >= 11 is 6.03. The summed E-state index contributed by atoms with van der Waals surface area (Å²) in [6.07, 6.45) is -4.76. The first kappa shape index (κ1) is 17.6. The Hall–Kier alpha value is -1.43. The molecule has 0 aliphatic rings. The van der Waals surface area contributed by atoms with Gasteiger partial charge < -0.3 is 10.5 Å². The normalized spacial score (nSPS) is 10.9. The molecule has 0 aliphatic carbocycles. The third-order valence-electron chi connectivity index (χ3n) is 2.70. The summed E-state index contributed by atoms with van der Waals surface area (Å²) in [6, 6.07) is 11.3. The molecule has 2 rings (SSSR count). The zero-order valence-corrected chi connectivity index (χ0v) is 12.2. The average Bonchev–Trinajstić information content (AvgIpc) is 2.37. The number of alkyl halides is 3. The molecule has 0 unspecified atom stereocenters. The van der Waals surface area contributed by atoms with Gasteiger partial charge in [0.1, 0.15) is 5.75 Å². The van der Waals surface area contributed by atoms with E-state index in [4.69, 9.17) is 17.3 Å². The predicted octanol–water partition coefficient (Wildman–Crippen LogP) is 4.79. The molecule has 0 saturated carbocycles. The zero-order chi connectivity index (χ0) is 14.8. The quantitative estimate of drug-likeness (QED) is 0.874. The van der Waals surface area contributed by atoms with Crippen molar-refractivity contribution in [3.05, 3.63) is 53.1 Å². The van der Waals surface area contributed by atoms with Gasteiger partial charge in [-0.2, -0.15) is 0 Å². The third kappa shape index (κ3) is 4.52. The van der Waals surface area contributed by atoms with Crippen LogP contribution in [0.2, 0.25) is 5.02 Å². The largest absolute Gasteiger partial charge is 0.573 e. The van der Waals surface area contributed by atoms with E-state index in [2.05, 4.69) is 4.74 Å². The van der Waals surface area contributed by atoms with Crippen LogP contribution in [-0.4, -0.2) is 6.36 Å². The van der Waals surface area contributed by atoms with E-state index in [0.717, 1.165) is 0 Å². The molecule has 0 radical (unpaired) electrons. The van der Waals surface area contributed by atoms with Crippen LogP contribution in [-0.2, 0) is 6.54 Å². The molecule has 0 bridgehead atoms. The van der Waals surface area contributed by atoms with Crippen LogP contribution in [0, 0.1) is 0 Å². The summed E-state index contributed by atoms with van der Waals surface area (Å²) in [6.45, 7) is -0.0474. The molecule has 0 atom stereocenters. The fraction of sp³-hybridized carbons (Fsp3) is 0.143. The van der Waals surface area contributed by atoms with Crippen LogP contribution in [0.5, 0.6) is 5.75 Å². The Bertz CT molecular complexity index is 617. The number of hydrogen-bond donors (Lipinski definition) is 1. The van der Waals surface area contributed by atoms with Crippen LogP contribution in [0.15, 0.2) is 42.5 Å². The fourth-order valence-corrected chi connectivity index (χ4v) is 2.05. The lowest BCUT2D eigenvalue weighted by Crippen LogP contribution is -2.18. The van der Waals surface area contributed by atoms with E-state index < -0.39 is 6.36 Å². The molecule has 2 nitrogen and oxygen atoms in total. The Kier molecular flexibility index (Phi) is 5.89. The van der Waals surface area contributed by atoms with Gasteiger partial charge in [0.25, 0.3) is 0 Å². The molecule has 0 saturated heterocycles. The lowest BCUT2D eigenvalue weighted by atomic mass is 10.0. The van der Waals surface area contributed by atoms with Crippen molar-refractivity contribution < 1.29 is 17.9 Å². The van der Waals surface area contributed by atoms with Crippen molar-refractivity contribution in [3.63, 3.8) is 0 Å². The zero-order valence-electron chi connectivity index (χ0n) is 10.7. The monoisotopic (exact) mass is 337 g/mol. The van der Waals surface area contributed by atoms with Crippen LogP contribution in [0.3, 0.4) is 0 Å². The van der Waals surface area contributed by atoms with E-state index >= 15 is 0 Å². The smallest absolute Gasteiger partial charge is 0.405 e. The number of benzene rings is 2. The molecule has 0 spiro atoms. The number of ether oxygens (including phenoxy) is 1. The summed E-state index contributed by atoms with van der Waals surface area (Å²) < 4.78 is 41.1. The summed E-state index contributed by atoms with van der Waals surface area (Å²) in [5, 5.41) is 0.450. The van der Waals surface area contributed by atoms with Crippen LogP contribution < -0.4 is 10.5 Å². The van der Waals surface area contributed by atoms with E-state index in [0.29, 0.717) is 16.1 Å². The highest BCUT2D eigenvalue weighted by Crippen LogP contribution is 2.34. The van der Waals surface area contributed by atoms with Crippen molar-refractivity contribution in [1.29, 1.82) is 0 Å². The molecule has 0 aromatic heterocycles. The number of nitrogens with two attached hydrogens (primary N) is 1. The van der Waals surface area contributed by atoms with Gasteiger partial charge in [0.05, 0.1) is 0 Å². The first-order valence-corrected chi connectivity index (χ1v) is 6.12. The molecule has 0 aliphatic heterocycles. The van der Waals surface area contributed by atoms with Crippen molar-refractivity contribution in [2.24, 2.45) is 5.73 Å². The van der Waals surface area contributed by atoms with Gasteiger partial charge in [-0.15, -0.1) is 25.6 Å². The molecule has 2 aromatic rings. The molecular weight excluding hydrogens is 326 g/mol. The lowest BCUT2D eigenvalue weighted by molar-refractivity contribution is -0.274. The summed E-state index contributed by atoms with van der Waals surface area (Å²) in [5.41, 5.74) is 6.85. The minimum atomic E-state index is -4.76. The second-order valence-electron chi connectivity index (χ2n) is 4.05. The molecule has 0 heterocycles. The van der Waals surface area contributed by atoms with E-state index in [1.807, 2.05) is 0 Å². The van der Waals surface area contributed by atoms with Gasteiger partial charge in [-0.05, 0) is 17.7 Å². The van der Waals surface area contributed by atoms with Gasteiger partial charge in [0, 0.05) is 22.7 Å². The minimum Gasteiger partial charge on any atom is -0.405 e. The van der Waals surface area contributed by atoms with Gasteiger partial charge in [0.2, 0.25) is 0 Å². The van der Waals surface area contributed by atoms with E-state index in [9.17, 15) is 13.2 Å². The minimum absolute atomic E-state index is 0. The van der Waals surface area contributed by atoms with Gasteiger partial charge in [-0.25, -0.2) is 0 Å². The maximum Gasteiger partial charge on any atom is 0.573 e. The summed E-state index contributed by atoms with van der Waals surface area (Å²) in [5.74, 6) is -0.308. The van der Waals surface area contributed by atoms with Crippen LogP contribution >= 0.6 is 24.0 Å². The Labute approximate surface area is 131 Å². The van der Waals surface area contributed by atoms with Gasteiger partial charge in [-0.1, -0.05) is 41.9 Å². The fourth-order valence-electron chi connectivity index (χ4n) is 1.81. The van der Waals surface area contributed by atoms with Gasteiger partial charge in [0.15, 0.2) is 0 Å². The van der Waals surface area contributed by atoms with Crippen molar-refractivity contribution >= 4 is 24.0 Å². The van der Waals surface area contributed by atoms with Crippen LogP contribution in [0.25, 0.3) is 11.1 Å². The Morgan fingerprint density at radius 3 is 2.33 bits per heavy atom. The molecule has 2 aromatic carbocycles. The van der Waals surface area contributed by atoms with Gasteiger partial charge >= 0.3 is 6.36 Å². The van der Waals surface area contributed by atoms with Crippen molar-refractivity contribution in [2.75, 3.05) is 0 Å². The highest BCUT2D eigenvalue weighted by Gasteiger charge is 2.32. The summed E-state index contributed by atoms with van der Waals surface area (Å²) in [7, 11) is 0. The Morgan fingerprint density at radius 2 is 1.76 bits per heavy atom. The van der Waals surface area contributed by atoms with Gasteiger partial charge in [-0.3, -0.25) is 0 Å². The maximum atomic E-state index is 12.4. The average molecular weight is 338 g/mol. The molecule has 0 amide bonds. The molecule has 2 N–H and O–H groups in total. The highest BCUT2D eigenvalue weighted by molar-refractivity contribution is 6.33. The Balaban J connectivity index is 0.00000220. The third-order valence-corrected chi connectivity index (χ3v) is 3.03. The summed E-state index contributed by atoms with van der Waals surface area (Å²) in [4.78, 5) is 0. The van der Waals surface area contributed by atoms with Crippen LogP contribution in [0.4, 0.5) is 13.2 Å². The molecule has 0 fully saturated rings. The highest BCUT2D eigenvalue weighted by atomic mass is 35.5. The second kappa shape index (κ2) is 7.02. The first-order chi connectivity index (χ1) is 9.40. The molecule has 114 valence electrons. The number of rotatable bonds is 3. The van der Waals surface area contributed by atoms with E-state index in [-0.39, 0.29) is 30.3 Å². The second-order valence-corrected chi connectivity index (χ2v) is 4.46. The maximum absolute atomic E-state index is 12.4. The van der Waals surface area contributed by atoms with E-state index in [1.165, 1.54) is 12.1 Å². The SMILES string of the molecule is Cl.NCc1ccc(-c2ccccc2Cl)cc1OC(F)(F)F. The lowest BCUT2D eigenvalue weighted by Gasteiger charge is -2.14. The first-order valence-electron chi connectivity index (χ1n) is 5.74. The van der Waals surface area contributed by atoms with Crippen LogP contribution in [0.1, 0.15) is 5.56 Å². The van der Waals surface area contributed by atoms with Crippen molar-refractivity contribution in [3.8, 4) is 16.9 Å². The van der Waals surface area contributed by atoms with Crippen molar-refractivity contribution in [1.82, 2.24) is 0 Å². The van der Waals surface area contributed by atoms with E-state index in [1.54, 1.807) is 30.3 Å².